The van der Waals surface area contributed by atoms with Crippen molar-refractivity contribution in [1.29, 1.82) is 0 Å². The van der Waals surface area contributed by atoms with E-state index in [2.05, 4.69) is 34.6 Å². The zero-order valence-electron chi connectivity index (χ0n) is 18.6. The average molecular weight is 418 g/mol. The van der Waals surface area contributed by atoms with Gasteiger partial charge in [-0.25, -0.2) is 13.9 Å². The Bertz CT molecular complexity index is 914. The van der Waals surface area contributed by atoms with Crippen LogP contribution in [0.2, 0.25) is 0 Å². The second-order valence-corrected chi connectivity index (χ2v) is 6.27. The Morgan fingerprint density at radius 2 is 1.97 bits per heavy atom. The minimum absolute atomic E-state index is 0.148. The first-order valence-corrected chi connectivity index (χ1v) is 10.2. The zero-order chi connectivity index (χ0) is 22.5. The van der Waals surface area contributed by atoms with Crippen molar-refractivity contribution in [3.05, 3.63) is 48.0 Å². The number of rotatable bonds is 7. The molecule has 0 amide bonds. The maximum absolute atomic E-state index is 13.6. The van der Waals surface area contributed by atoms with Crippen molar-refractivity contribution in [1.82, 2.24) is 19.9 Å². The second kappa shape index (κ2) is 13.3. The van der Waals surface area contributed by atoms with E-state index in [9.17, 15) is 9.18 Å². The first-order valence-electron chi connectivity index (χ1n) is 10.2. The Balaban J connectivity index is 0.000000826. The van der Waals surface area contributed by atoms with Gasteiger partial charge in [0.15, 0.2) is 11.9 Å². The van der Waals surface area contributed by atoms with Crippen LogP contribution in [-0.4, -0.2) is 40.6 Å². The first kappa shape index (κ1) is 25.0. The molecule has 0 saturated heterocycles. The number of nitrogens with zero attached hydrogens (tertiary/aromatic N) is 3. The van der Waals surface area contributed by atoms with Crippen molar-refractivity contribution in [2.24, 2.45) is 0 Å². The number of ether oxygens (including phenoxy) is 1. The summed E-state index contributed by atoms with van der Waals surface area (Å²) in [5, 5.41) is 10.1. The van der Waals surface area contributed by atoms with Crippen LogP contribution in [-0.2, 0) is 0 Å². The van der Waals surface area contributed by atoms with Crippen molar-refractivity contribution in [3.63, 3.8) is 0 Å². The van der Waals surface area contributed by atoms with E-state index in [1.807, 2.05) is 27.8 Å². The van der Waals surface area contributed by atoms with Gasteiger partial charge in [-0.3, -0.25) is 4.79 Å². The molecule has 0 spiro atoms. The molecule has 1 atom stereocenters. The Kier molecular flexibility index (Phi) is 11.1. The SMILES string of the molecule is CC.CCC.CNC(C)COc1ccc(F)cc1Nc1ccn2ncc(C=O)c2n1. The number of carbonyl (C=O) groups is 1. The minimum Gasteiger partial charge on any atom is -0.490 e. The van der Waals surface area contributed by atoms with E-state index >= 15 is 0 Å². The number of hydrogen-bond acceptors (Lipinski definition) is 6. The quantitative estimate of drug-likeness (QED) is 0.535. The van der Waals surface area contributed by atoms with Crippen molar-refractivity contribution < 1.29 is 13.9 Å². The Morgan fingerprint density at radius 3 is 2.60 bits per heavy atom. The summed E-state index contributed by atoms with van der Waals surface area (Å²) in [5.41, 5.74) is 1.25. The zero-order valence-corrected chi connectivity index (χ0v) is 18.6. The Labute approximate surface area is 177 Å². The molecule has 7 nitrogen and oxygen atoms in total. The molecule has 1 unspecified atom stereocenters. The molecule has 2 N–H and O–H groups in total. The van der Waals surface area contributed by atoms with Crippen LogP contribution in [0.25, 0.3) is 5.65 Å². The van der Waals surface area contributed by atoms with Crippen LogP contribution in [0.1, 0.15) is 51.4 Å². The summed E-state index contributed by atoms with van der Waals surface area (Å²) in [5.74, 6) is 0.568. The van der Waals surface area contributed by atoms with E-state index in [0.29, 0.717) is 41.4 Å². The lowest BCUT2D eigenvalue weighted by molar-refractivity contribution is 0.112. The van der Waals surface area contributed by atoms with Gasteiger partial charge in [0.05, 0.1) is 17.4 Å². The number of aromatic nitrogens is 3. The molecule has 0 radical (unpaired) electrons. The average Bonchev–Trinajstić information content (AvgIpc) is 3.17. The molecule has 2 aromatic heterocycles. The number of hydrogen-bond donors (Lipinski definition) is 2. The standard InChI is InChI=1S/C17H18FN5O2.C3H8.C2H6/c1-11(19-2)10-25-15-4-3-13(18)7-14(15)21-16-5-6-23-17(22-16)12(9-24)8-20-23;1-3-2;1-2/h3-9,11,19H,10H2,1-2H3,(H,21,22);3H2,1-2H3;1-2H3. The number of benzene rings is 1. The Hall–Kier alpha value is -3.00. The number of halogens is 1. The van der Waals surface area contributed by atoms with Gasteiger partial charge in [0.1, 0.15) is 24.0 Å². The molecule has 0 bridgehead atoms. The molecule has 0 fully saturated rings. The number of fused-ring (bicyclic) bond motifs is 1. The largest absolute Gasteiger partial charge is 0.490 e. The van der Waals surface area contributed by atoms with E-state index in [4.69, 9.17) is 4.74 Å². The highest BCUT2D eigenvalue weighted by Crippen LogP contribution is 2.28. The summed E-state index contributed by atoms with van der Waals surface area (Å²) in [6, 6.07) is 6.06. The number of nitrogens with one attached hydrogen (secondary N) is 2. The molecular formula is C22H32FN5O2. The predicted molar refractivity (Wildman–Crippen MR) is 119 cm³/mol. The van der Waals surface area contributed by atoms with Crippen LogP contribution in [0.4, 0.5) is 15.9 Å². The van der Waals surface area contributed by atoms with E-state index < -0.39 is 5.82 Å². The van der Waals surface area contributed by atoms with Gasteiger partial charge in [0.25, 0.3) is 0 Å². The summed E-state index contributed by atoms with van der Waals surface area (Å²) < 4.78 is 20.9. The van der Waals surface area contributed by atoms with Gasteiger partial charge in [0.2, 0.25) is 0 Å². The number of anilines is 2. The molecule has 2 heterocycles. The number of aldehydes is 1. The second-order valence-electron chi connectivity index (χ2n) is 6.27. The molecule has 3 rings (SSSR count). The molecule has 0 aliphatic carbocycles. The van der Waals surface area contributed by atoms with Crippen molar-refractivity contribution >= 4 is 23.4 Å². The minimum atomic E-state index is -0.393. The third kappa shape index (κ3) is 7.11. The maximum atomic E-state index is 13.6. The molecule has 3 aromatic rings. The van der Waals surface area contributed by atoms with Crippen LogP contribution in [0.3, 0.4) is 0 Å². The summed E-state index contributed by atoms with van der Waals surface area (Å²) >= 11 is 0. The van der Waals surface area contributed by atoms with Crippen LogP contribution < -0.4 is 15.4 Å². The topological polar surface area (TPSA) is 80.5 Å². The molecule has 8 heteroatoms. The van der Waals surface area contributed by atoms with Crippen LogP contribution >= 0.6 is 0 Å². The van der Waals surface area contributed by atoms with E-state index in [-0.39, 0.29) is 6.04 Å². The van der Waals surface area contributed by atoms with Crippen LogP contribution in [0.5, 0.6) is 5.75 Å². The molecule has 164 valence electrons. The fourth-order valence-corrected chi connectivity index (χ4v) is 2.20. The smallest absolute Gasteiger partial charge is 0.167 e. The summed E-state index contributed by atoms with van der Waals surface area (Å²) in [4.78, 5) is 15.4. The van der Waals surface area contributed by atoms with Crippen molar-refractivity contribution in [3.8, 4) is 5.75 Å². The molecule has 0 aliphatic heterocycles. The highest BCUT2D eigenvalue weighted by Gasteiger charge is 2.10. The highest BCUT2D eigenvalue weighted by molar-refractivity contribution is 5.84. The third-order valence-electron chi connectivity index (χ3n) is 3.71. The fraction of sp³-hybridized carbons (Fsp3) is 0.409. The summed E-state index contributed by atoms with van der Waals surface area (Å²) in [6.07, 6.45) is 5.05. The Morgan fingerprint density at radius 1 is 1.27 bits per heavy atom. The number of carbonyl (C=O) groups excluding carboxylic acids is 1. The molecule has 0 saturated carbocycles. The van der Waals surface area contributed by atoms with Crippen molar-refractivity contribution in [2.45, 2.75) is 47.1 Å². The van der Waals surface area contributed by atoms with Gasteiger partial charge in [-0.1, -0.05) is 34.1 Å². The molecule has 0 aliphatic rings. The maximum Gasteiger partial charge on any atom is 0.167 e. The summed E-state index contributed by atoms with van der Waals surface area (Å²) in [6.45, 7) is 10.7. The highest BCUT2D eigenvalue weighted by atomic mass is 19.1. The lowest BCUT2D eigenvalue weighted by atomic mass is 10.2. The molecule has 1 aromatic carbocycles. The third-order valence-corrected chi connectivity index (χ3v) is 3.71. The van der Waals surface area contributed by atoms with E-state index in [1.165, 1.54) is 29.3 Å². The van der Waals surface area contributed by atoms with Gasteiger partial charge >= 0.3 is 0 Å². The number of likely N-dealkylation sites (N-methyl/N-ethyl adjacent to an activating group) is 1. The summed E-state index contributed by atoms with van der Waals surface area (Å²) in [7, 11) is 1.84. The molecular weight excluding hydrogens is 385 g/mol. The fourth-order valence-electron chi connectivity index (χ4n) is 2.20. The van der Waals surface area contributed by atoms with Gasteiger partial charge in [-0.15, -0.1) is 0 Å². The van der Waals surface area contributed by atoms with Crippen LogP contribution in [0, 0.1) is 5.82 Å². The van der Waals surface area contributed by atoms with E-state index in [0.717, 1.165) is 0 Å². The normalized spacial score (nSPS) is 10.9. The van der Waals surface area contributed by atoms with Gasteiger partial charge in [-0.05, 0) is 32.2 Å². The van der Waals surface area contributed by atoms with Gasteiger partial charge in [0, 0.05) is 18.3 Å². The van der Waals surface area contributed by atoms with Gasteiger partial charge in [-0.2, -0.15) is 5.10 Å². The predicted octanol–water partition coefficient (Wildman–Crippen LogP) is 4.85. The lowest BCUT2D eigenvalue weighted by Gasteiger charge is -2.16. The van der Waals surface area contributed by atoms with Crippen LogP contribution in [0.15, 0.2) is 36.7 Å². The van der Waals surface area contributed by atoms with Gasteiger partial charge < -0.3 is 15.4 Å². The molecule has 30 heavy (non-hydrogen) atoms. The monoisotopic (exact) mass is 417 g/mol. The lowest BCUT2D eigenvalue weighted by Crippen LogP contribution is -2.28. The first-order chi connectivity index (χ1) is 14.5. The van der Waals surface area contributed by atoms with E-state index in [1.54, 1.807) is 18.3 Å². The van der Waals surface area contributed by atoms with Crippen molar-refractivity contribution in [2.75, 3.05) is 19.0 Å².